The minimum Gasteiger partial charge on any atom is -0.390 e. The van der Waals surface area contributed by atoms with Crippen LogP contribution in [-0.2, 0) is 4.79 Å². The number of fused-ring (bicyclic) bond motifs is 5. The van der Waals surface area contributed by atoms with Gasteiger partial charge in [-0.1, -0.05) is 38.3 Å². The van der Waals surface area contributed by atoms with Crippen molar-refractivity contribution in [1.82, 2.24) is 0 Å². The fourth-order valence-corrected chi connectivity index (χ4v) is 8.97. The van der Waals surface area contributed by atoms with Gasteiger partial charge >= 0.3 is 0 Å². The van der Waals surface area contributed by atoms with Gasteiger partial charge in [-0.2, -0.15) is 11.8 Å². The molecule has 4 aliphatic carbocycles. The number of hydrogen-bond donors (Lipinski definition) is 1. The number of thioether (sulfide) groups is 1. The number of rotatable bonds is 4. The summed E-state index contributed by atoms with van der Waals surface area (Å²) >= 11 is 1.96. The van der Waals surface area contributed by atoms with Crippen molar-refractivity contribution < 1.29 is 14.3 Å². The number of aliphatic hydroxyl groups excluding tert-OH is 1. The van der Waals surface area contributed by atoms with E-state index >= 15 is 4.39 Å². The average Bonchev–Trinajstić information content (AvgIpc) is 2.94. The van der Waals surface area contributed by atoms with Crippen LogP contribution in [-0.4, -0.2) is 33.7 Å². The fourth-order valence-electron chi connectivity index (χ4n) is 7.60. The van der Waals surface area contributed by atoms with Crippen molar-refractivity contribution in [2.45, 2.75) is 88.7 Å². The van der Waals surface area contributed by atoms with Gasteiger partial charge in [0, 0.05) is 16.1 Å². The third kappa shape index (κ3) is 2.40. The second kappa shape index (κ2) is 6.70. The van der Waals surface area contributed by atoms with Gasteiger partial charge in [-0.3, -0.25) is 4.79 Å². The lowest BCUT2D eigenvalue weighted by molar-refractivity contribution is -0.192. The van der Waals surface area contributed by atoms with Crippen molar-refractivity contribution in [3.8, 4) is 0 Å². The Balaban J connectivity index is 1.76. The number of unbranched alkanes of at least 4 members (excludes halogenated alkanes) is 1. The van der Waals surface area contributed by atoms with Gasteiger partial charge in [-0.25, -0.2) is 4.39 Å². The van der Waals surface area contributed by atoms with Crippen LogP contribution in [0.1, 0.15) is 72.1 Å². The second-order valence-corrected chi connectivity index (χ2v) is 11.3. The summed E-state index contributed by atoms with van der Waals surface area (Å²) in [6, 6.07) is 0. The zero-order valence-electron chi connectivity index (χ0n) is 17.8. The van der Waals surface area contributed by atoms with Crippen LogP contribution in [0, 0.1) is 22.7 Å². The maximum Gasteiger partial charge on any atom is 0.178 e. The lowest BCUT2D eigenvalue weighted by atomic mass is 9.45. The number of ketones is 1. The van der Waals surface area contributed by atoms with Crippen LogP contribution in [0.25, 0.3) is 0 Å². The van der Waals surface area contributed by atoms with Crippen LogP contribution in [0.4, 0.5) is 4.39 Å². The third-order valence-electron chi connectivity index (χ3n) is 9.26. The van der Waals surface area contributed by atoms with E-state index in [0.717, 1.165) is 37.7 Å². The van der Waals surface area contributed by atoms with Crippen LogP contribution in [0.5, 0.6) is 0 Å². The Morgan fingerprint density at radius 3 is 2.71 bits per heavy atom. The van der Waals surface area contributed by atoms with E-state index in [0.29, 0.717) is 12.3 Å². The van der Waals surface area contributed by atoms with Gasteiger partial charge < -0.3 is 5.11 Å². The van der Waals surface area contributed by atoms with Crippen molar-refractivity contribution in [3.63, 3.8) is 0 Å². The molecular formula is C24H35FO2S. The molecule has 0 spiro atoms. The van der Waals surface area contributed by atoms with Crippen LogP contribution in [0.2, 0.25) is 0 Å². The monoisotopic (exact) mass is 406 g/mol. The van der Waals surface area contributed by atoms with E-state index in [1.54, 1.807) is 12.2 Å². The summed E-state index contributed by atoms with van der Waals surface area (Å²) in [5, 5.41) is 11.4. The van der Waals surface area contributed by atoms with Crippen LogP contribution < -0.4 is 0 Å². The van der Waals surface area contributed by atoms with Gasteiger partial charge in [-0.05, 0) is 75.2 Å². The summed E-state index contributed by atoms with van der Waals surface area (Å²) in [4.78, 5) is 11.9. The number of carbonyl (C=O) groups excluding carboxylic acids is 1. The van der Waals surface area contributed by atoms with E-state index in [-0.39, 0.29) is 21.9 Å². The summed E-state index contributed by atoms with van der Waals surface area (Å²) in [5.41, 5.74) is -1.70. The zero-order chi connectivity index (χ0) is 20.4. The average molecular weight is 407 g/mol. The lowest BCUT2D eigenvalue weighted by Gasteiger charge is -2.63. The summed E-state index contributed by atoms with van der Waals surface area (Å²) in [5.74, 6) is 0.109. The van der Waals surface area contributed by atoms with E-state index in [1.165, 1.54) is 18.9 Å². The Morgan fingerprint density at radius 1 is 1.29 bits per heavy atom. The quantitative estimate of drug-likeness (QED) is 0.655. The van der Waals surface area contributed by atoms with Crippen molar-refractivity contribution >= 4 is 17.5 Å². The molecule has 0 bridgehead atoms. The zero-order valence-corrected chi connectivity index (χ0v) is 18.6. The minimum absolute atomic E-state index is 0.0347. The highest BCUT2D eigenvalue weighted by Gasteiger charge is 2.72. The first-order chi connectivity index (χ1) is 13.2. The molecule has 4 aliphatic rings. The molecule has 4 rings (SSSR count). The molecule has 3 fully saturated rings. The summed E-state index contributed by atoms with van der Waals surface area (Å²) in [7, 11) is 0. The van der Waals surface area contributed by atoms with Gasteiger partial charge in [0.1, 0.15) is 0 Å². The van der Waals surface area contributed by atoms with E-state index in [4.69, 9.17) is 0 Å². The Morgan fingerprint density at radius 2 is 2.04 bits per heavy atom. The van der Waals surface area contributed by atoms with E-state index < -0.39 is 17.2 Å². The molecule has 0 aromatic heterocycles. The molecule has 1 N–H and O–H groups in total. The predicted octanol–water partition coefficient (Wildman–Crippen LogP) is 5.65. The van der Waals surface area contributed by atoms with Crippen molar-refractivity contribution in [2.75, 3.05) is 6.26 Å². The van der Waals surface area contributed by atoms with Gasteiger partial charge in [0.05, 0.1) is 6.10 Å². The Bertz CT molecular complexity index is 732. The molecule has 3 saturated carbocycles. The third-order valence-corrected chi connectivity index (χ3v) is 10.9. The van der Waals surface area contributed by atoms with Gasteiger partial charge in [-0.15, -0.1) is 0 Å². The highest BCUT2D eigenvalue weighted by Crippen LogP contribution is 2.72. The summed E-state index contributed by atoms with van der Waals surface area (Å²) in [6.45, 7) is 6.48. The predicted molar refractivity (Wildman–Crippen MR) is 114 cm³/mol. The van der Waals surface area contributed by atoms with Crippen LogP contribution in [0.15, 0.2) is 23.8 Å². The molecule has 1 unspecified atom stereocenters. The molecule has 0 aliphatic heterocycles. The topological polar surface area (TPSA) is 37.3 Å². The molecule has 4 heteroatoms. The molecule has 156 valence electrons. The molecule has 28 heavy (non-hydrogen) atoms. The number of hydrogen-bond acceptors (Lipinski definition) is 3. The van der Waals surface area contributed by atoms with Crippen molar-refractivity contribution in [1.29, 1.82) is 0 Å². The SMILES string of the molecule is CCCC[C@]1(SC)CC[C@H]2[C@@H]3CCC4=CC(=O)C=C[C@]4(C)C3(F)[C@@H](O)C[C@@]21C. The van der Waals surface area contributed by atoms with Gasteiger partial charge in [0.2, 0.25) is 0 Å². The second-order valence-electron chi connectivity index (χ2n) is 10.1. The maximum absolute atomic E-state index is 17.0. The first-order valence-corrected chi connectivity index (χ1v) is 12.3. The van der Waals surface area contributed by atoms with E-state index in [9.17, 15) is 9.90 Å². The Labute approximate surface area is 173 Å². The van der Waals surface area contributed by atoms with Crippen LogP contribution >= 0.6 is 11.8 Å². The molecule has 0 saturated heterocycles. The van der Waals surface area contributed by atoms with Crippen LogP contribution in [0.3, 0.4) is 0 Å². The van der Waals surface area contributed by atoms with E-state index in [1.807, 2.05) is 18.7 Å². The largest absolute Gasteiger partial charge is 0.390 e. The number of alkyl halides is 1. The van der Waals surface area contributed by atoms with Crippen molar-refractivity contribution in [3.05, 3.63) is 23.8 Å². The minimum atomic E-state index is -1.68. The molecule has 0 radical (unpaired) electrons. The number of carbonyl (C=O) groups is 1. The van der Waals surface area contributed by atoms with Gasteiger partial charge in [0.25, 0.3) is 0 Å². The normalized spacial score (nSPS) is 50.0. The Hall–Kier alpha value is -0.610. The molecule has 0 heterocycles. The summed E-state index contributed by atoms with van der Waals surface area (Å²) in [6.07, 6.45) is 13.9. The highest BCUT2D eigenvalue weighted by molar-refractivity contribution is 8.00. The fraction of sp³-hybridized carbons (Fsp3) is 0.792. The molecule has 2 nitrogen and oxygen atoms in total. The number of allylic oxidation sites excluding steroid dienone is 4. The highest BCUT2D eigenvalue weighted by atomic mass is 32.2. The number of halogens is 1. The molecule has 0 aromatic rings. The molecule has 0 aromatic carbocycles. The molecular weight excluding hydrogens is 371 g/mol. The van der Waals surface area contributed by atoms with E-state index in [2.05, 4.69) is 20.1 Å². The summed E-state index contributed by atoms with van der Waals surface area (Å²) < 4.78 is 17.2. The van der Waals surface area contributed by atoms with Gasteiger partial charge in [0.15, 0.2) is 11.5 Å². The smallest absolute Gasteiger partial charge is 0.178 e. The van der Waals surface area contributed by atoms with Crippen molar-refractivity contribution in [2.24, 2.45) is 22.7 Å². The first-order valence-electron chi connectivity index (χ1n) is 11.0. The molecule has 7 atom stereocenters. The molecule has 0 amide bonds. The Kier molecular flexibility index (Phi) is 4.94. The number of aliphatic hydroxyl groups is 1. The standard InChI is InChI=1S/C24H35FO2S/c1-5-6-11-23(28-4)13-10-18-19-8-7-16-14-17(26)9-12-21(16,2)24(19,25)20(27)15-22(18,23)3/h9,12,14,18-20,27H,5-8,10-11,13,15H2,1-4H3/t18-,19-,20-,21-,22-,23-,24?/m0/s1. The maximum atomic E-state index is 17.0. The first kappa shape index (κ1) is 20.7. The lowest BCUT2D eigenvalue weighted by Crippen LogP contribution is -2.67.